The Bertz CT molecular complexity index is 207. The monoisotopic (exact) mass is 212 g/mol. The molecule has 0 amide bonds. The first-order valence-electron chi connectivity index (χ1n) is 6.02. The summed E-state index contributed by atoms with van der Waals surface area (Å²) in [7, 11) is 0.193. The van der Waals surface area contributed by atoms with E-state index < -0.39 is 0 Å². The minimum Gasteiger partial charge on any atom is -0.0919 e. The second kappa shape index (κ2) is 2.97. The molecule has 2 aliphatic carbocycles. The molecule has 0 radical (unpaired) electrons. The Morgan fingerprint density at radius 2 is 1.14 bits per heavy atom. The van der Waals surface area contributed by atoms with Crippen LogP contribution < -0.4 is 0 Å². The Morgan fingerprint density at radius 3 is 1.36 bits per heavy atom. The molecule has 0 aromatic heterocycles. The van der Waals surface area contributed by atoms with Gasteiger partial charge in [-0.05, 0) is 40.6 Å². The molecule has 0 aromatic carbocycles. The third kappa shape index (κ3) is 1.64. The lowest BCUT2D eigenvalue weighted by Crippen LogP contribution is -2.27. The van der Waals surface area contributed by atoms with E-state index in [1.165, 1.54) is 0 Å². The van der Waals surface area contributed by atoms with Crippen molar-refractivity contribution < 1.29 is 0 Å². The van der Waals surface area contributed by atoms with Crippen molar-refractivity contribution in [1.82, 2.24) is 0 Å². The third-order valence-corrected chi connectivity index (χ3v) is 8.12. The van der Waals surface area contributed by atoms with Crippen molar-refractivity contribution >= 4 is 7.92 Å². The van der Waals surface area contributed by atoms with Crippen LogP contribution in [0.25, 0.3) is 0 Å². The van der Waals surface area contributed by atoms with Gasteiger partial charge in [0.1, 0.15) is 0 Å². The van der Waals surface area contributed by atoms with E-state index >= 15 is 0 Å². The van der Waals surface area contributed by atoms with Crippen LogP contribution >= 0.6 is 7.92 Å². The van der Waals surface area contributed by atoms with Crippen LogP contribution in [-0.2, 0) is 0 Å². The molecule has 2 saturated carbocycles. The zero-order valence-electron chi connectivity index (χ0n) is 10.6. The Hall–Kier alpha value is 0.430. The standard InChI is InChI=1S/C13H25P/c1-12(2,3)14(13(4,5)6)11-9-7-8-10(9)11/h9-11H,7-8H2,1-6H3. The lowest BCUT2D eigenvalue weighted by Gasteiger charge is -2.42. The highest BCUT2D eigenvalue weighted by Gasteiger charge is 2.62. The van der Waals surface area contributed by atoms with Gasteiger partial charge in [0.05, 0.1) is 0 Å². The molecule has 0 heterocycles. The molecule has 0 aliphatic heterocycles. The summed E-state index contributed by atoms with van der Waals surface area (Å²) >= 11 is 0. The zero-order valence-corrected chi connectivity index (χ0v) is 11.5. The predicted octanol–water partition coefficient (Wildman–Crippen LogP) is 4.47. The molecule has 0 N–H and O–H groups in total. The average molecular weight is 212 g/mol. The molecule has 0 aromatic rings. The van der Waals surface area contributed by atoms with Gasteiger partial charge in [0.25, 0.3) is 0 Å². The van der Waals surface area contributed by atoms with Gasteiger partial charge in [-0.25, -0.2) is 0 Å². The van der Waals surface area contributed by atoms with Crippen LogP contribution in [-0.4, -0.2) is 16.0 Å². The summed E-state index contributed by atoms with van der Waals surface area (Å²) in [6, 6.07) is 0. The van der Waals surface area contributed by atoms with Crippen molar-refractivity contribution in [3.05, 3.63) is 0 Å². The minimum atomic E-state index is 0.193. The van der Waals surface area contributed by atoms with Crippen molar-refractivity contribution in [2.24, 2.45) is 11.8 Å². The fraction of sp³-hybridized carbons (Fsp3) is 1.00. The predicted molar refractivity (Wildman–Crippen MR) is 66.4 cm³/mol. The van der Waals surface area contributed by atoms with Crippen LogP contribution in [0.3, 0.4) is 0 Å². The van der Waals surface area contributed by atoms with Crippen molar-refractivity contribution in [1.29, 1.82) is 0 Å². The highest BCUT2D eigenvalue weighted by Crippen LogP contribution is 2.77. The fourth-order valence-electron chi connectivity index (χ4n) is 3.60. The van der Waals surface area contributed by atoms with Crippen molar-refractivity contribution in [3.63, 3.8) is 0 Å². The van der Waals surface area contributed by atoms with E-state index in [1.54, 1.807) is 12.8 Å². The normalized spacial score (nSPS) is 36.6. The highest BCUT2D eigenvalue weighted by atomic mass is 31.1. The van der Waals surface area contributed by atoms with Crippen LogP contribution in [0.1, 0.15) is 54.4 Å². The molecule has 2 fully saturated rings. The smallest absolute Gasteiger partial charge is 0.0137 e. The SMILES string of the molecule is CC(C)(C)P(C1C2CCC21)C(C)(C)C. The summed E-state index contributed by atoms with van der Waals surface area (Å²) in [5.74, 6) is 2.30. The largest absolute Gasteiger partial charge is 0.0919 e. The van der Waals surface area contributed by atoms with E-state index in [9.17, 15) is 0 Å². The third-order valence-electron chi connectivity index (χ3n) is 3.86. The van der Waals surface area contributed by atoms with Gasteiger partial charge in [-0.1, -0.05) is 49.5 Å². The van der Waals surface area contributed by atoms with E-state index in [0.717, 1.165) is 17.5 Å². The van der Waals surface area contributed by atoms with E-state index in [1.807, 2.05) is 0 Å². The van der Waals surface area contributed by atoms with Gasteiger partial charge in [-0.3, -0.25) is 0 Å². The first-order chi connectivity index (χ1) is 6.23. The number of hydrogen-bond acceptors (Lipinski definition) is 0. The Balaban J connectivity index is 2.15. The molecule has 82 valence electrons. The summed E-state index contributed by atoms with van der Waals surface area (Å²) < 4.78 is 0. The molecule has 2 aliphatic rings. The molecule has 1 heteroatoms. The van der Waals surface area contributed by atoms with Gasteiger partial charge in [-0.2, -0.15) is 0 Å². The quantitative estimate of drug-likeness (QED) is 0.562. The van der Waals surface area contributed by atoms with Gasteiger partial charge >= 0.3 is 0 Å². The van der Waals surface area contributed by atoms with Crippen molar-refractivity contribution in [2.75, 3.05) is 0 Å². The number of rotatable bonds is 1. The van der Waals surface area contributed by atoms with Crippen LogP contribution in [0.4, 0.5) is 0 Å². The lowest BCUT2D eigenvalue weighted by atomic mass is 10.0. The van der Waals surface area contributed by atoms with Gasteiger partial charge in [0, 0.05) is 0 Å². The average Bonchev–Trinajstić information content (AvgIpc) is 2.20. The second-order valence-corrected chi connectivity index (χ2v) is 11.1. The maximum Gasteiger partial charge on any atom is -0.0137 e. The molecule has 14 heavy (non-hydrogen) atoms. The van der Waals surface area contributed by atoms with E-state index in [4.69, 9.17) is 0 Å². The second-order valence-electron chi connectivity index (χ2n) is 7.11. The molecule has 0 bridgehead atoms. The number of hydrogen-bond donors (Lipinski definition) is 0. The molecular weight excluding hydrogens is 187 g/mol. The molecule has 2 atom stereocenters. The first-order valence-corrected chi connectivity index (χ1v) is 7.43. The van der Waals surface area contributed by atoms with Gasteiger partial charge in [0.2, 0.25) is 0 Å². The molecule has 0 spiro atoms. The van der Waals surface area contributed by atoms with Crippen LogP contribution in [0.15, 0.2) is 0 Å². The summed E-state index contributed by atoms with van der Waals surface area (Å²) in [5, 5.41) is 1.10. The topological polar surface area (TPSA) is 0 Å². The fourth-order valence-corrected chi connectivity index (χ4v) is 8.81. The summed E-state index contributed by atoms with van der Waals surface area (Å²) in [6.07, 6.45) is 3.08. The van der Waals surface area contributed by atoms with Crippen LogP contribution in [0, 0.1) is 11.8 Å². The van der Waals surface area contributed by atoms with Crippen molar-refractivity contribution in [2.45, 2.75) is 70.4 Å². The maximum atomic E-state index is 2.46. The zero-order chi connectivity index (χ0) is 10.7. The van der Waals surface area contributed by atoms with Gasteiger partial charge in [0.15, 0.2) is 0 Å². The van der Waals surface area contributed by atoms with E-state index in [-0.39, 0.29) is 7.92 Å². The van der Waals surface area contributed by atoms with E-state index in [0.29, 0.717) is 10.3 Å². The first kappa shape index (κ1) is 10.9. The van der Waals surface area contributed by atoms with E-state index in [2.05, 4.69) is 41.5 Å². The van der Waals surface area contributed by atoms with Crippen molar-refractivity contribution in [3.8, 4) is 0 Å². The highest BCUT2D eigenvalue weighted by molar-refractivity contribution is 7.62. The van der Waals surface area contributed by atoms with Crippen LogP contribution in [0.5, 0.6) is 0 Å². The molecule has 2 unspecified atom stereocenters. The van der Waals surface area contributed by atoms with Gasteiger partial charge in [-0.15, -0.1) is 0 Å². The molecular formula is C13H25P. The van der Waals surface area contributed by atoms with Gasteiger partial charge < -0.3 is 0 Å². The molecule has 0 nitrogen and oxygen atoms in total. The maximum absolute atomic E-state index is 2.46. The summed E-state index contributed by atoms with van der Waals surface area (Å²) in [4.78, 5) is 0. The summed E-state index contributed by atoms with van der Waals surface area (Å²) in [5.41, 5.74) is 1.13. The molecule has 0 saturated heterocycles. The minimum absolute atomic E-state index is 0.193. The number of fused-ring (bicyclic) bond motifs is 1. The lowest BCUT2D eigenvalue weighted by molar-refractivity contribution is 0.468. The Labute approximate surface area is 90.6 Å². The summed E-state index contributed by atoms with van der Waals surface area (Å²) in [6.45, 7) is 14.8. The Morgan fingerprint density at radius 1 is 0.786 bits per heavy atom. The van der Waals surface area contributed by atoms with Crippen LogP contribution in [0.2, 0.25) is 0 Å². The molecule has 2 rings (SSSR count). The Kier molecular flexibility index (Phi) is 2.32.